The van der Waals surface area contributed by atoms with Gasteiger partial charge in [-0.2, -0.15) is 33.7 Å². The molecular weight excluding hydrogens is 1600 g/mol. The summed E-state index contributed by atoms with van der Waals surface area (Å²) in [6.07, 6.45) is -5.86. The lowest BCUT2D eigenvalue weighted by molar-refractivity contribution is -0.0887. The Morgan fingerprint density at radius 2 is 0.557 bits per heavy atom. The van der Waals surface area contributed by atoms with Crippen molar-refractivity contribution in [2.45, 2.75) is 127 Å². The fourth-order valence-electron chi connectivity index (χ4n) is 19.1. The van der Waals surface area contributed by atoms with Crippen LogP contribution in [-0.4, -0.2) is 369 Å². The average molecular weight is 1690 g/mol. The number of carbonyl (C=O) groups is 8. The molecule has 7 N–H and O–H groups in total. The normalized spacial score (nSPS) is 27.0. The van der Waals surface area contributed by atoms with Gasteiger partial charge in [-0.1, -0.05) is 24.3 Å². The van der Waals surface area contributed by atoms with Crippen LogP contribution in [0.15, 0.2) is 48.5 Å². The molecule has 0 saturated carbocycles. The van der Waals surface area contributed by atoms with Gasteiger partial charge >= 0.3 is 48.2 Å². The Bertz CT molecular complexity index is 4700. The quantitative estimate of drug-likeness (QED) is 0.0269. The van der Waals surface area contributed by atoms with Gasteiger partial charge in [0.05, 0.1) is 95.6 Å². The monoisotopic (exact) mass is 1690 g/mol. The van der Waals surface area contributed by atoms with Crippen LogP contribution in [-0.2, 0) is 66.7 Å². The molecule has 13 aliphatic rings. The largest absolute Gasteiger partial charge is 0.493 e. The van der Waals surface area contributed by atoms with Crippen LogP contribution in [0.5, 0.6) is 23.0 Å². The highest BCUT2D eigenvalue weighted by Gasteiger charge is 2.80. The van der Waals surface area contributed by atoms with Crippen LogP contribution in [0.4, 0.5) is 38.4 Å². The zero-order valence-electron chi connectivity index (χ0n) is 62.6. The zero-order chi connectivity index (χ0) is 82.2. The third-order valence-electron chi connectivity index (χ3n) is 24.8. The zero-order valence-corrected chi connectivity index (χ0v) is 65.8. The molecule has 0 spiro atoms. The number of urea groups is 8. The number of aliphatic hydroxyl groups is 3. The highest BCUT2D eigenvalue weighted by molar-refractivity contribution is 7.86. The van der Waals surface area contributed by atoms with Gasteiger partial charge < -0.3 is 34.3 Å². The summed E-state index contributed by atoms with van der Waals surface area (Å²) in [6.45, 7) is 1.71. The first kappa shape index (κ1) is 79.1. The summed E-state index contributed by atoms with van der Waals surface area (Å²) in [7, 11) is -17.6. The molecule has 48 heteroatoms. The van der Waals surface area contributed by atoms with E-state index in [9.17, 15) is 51.9 Å². The predicted octanol–water partition coefficient (Wildman–Crippen LogP) is 0.426. The number of rotatable bonds is 25. The average Bonchev–Trinajstić information content (AvgIpc) is 1.49. The molecule has 16 amide bonds. The molecule has 115 heavy (non-hydrogen) atoms. The minimum atomic E-state index is -4.40. The van der Waals surface area contributed by atoms with Crippen molar-refractivity contribution in [2.75, 3.05) is 122 Å². The van der Waals surface area contributed by atoms with E-state index in [0.717, 1.165) is 0 Å². The van der Waals surface area contributed by atoms with E-state index in [1.807, 2.05) is 0 Å². The van der Waals surface area contributed by atoms with Crippen LogP contribution in [0.3, 0.4) is 0 Å². The second kappa shape index (κ2) is 27.7. The number of hydrogen-bond donors (Lipinski definition) is 7. The van der Waals surface area contributed by atoms with Gasteiger partial charge in [-0.25, -0.2) is 38.4 Å². The molecule has 0 aromatic heterocycles. The Kier molecular flexibility index (Phi) is 19.1. The van der Waals surface area contributed by atoms with Crippen LogP contribution in [0.25, 0.3) is 21.5 Å². The molecule has 11 fully saturated rings. The van der Waals surface area contributed by atoms with Crippen molar-refractivity contribution >= 4 is 110 Å². The molecule has 624 valence electrons. The van der Waals surface area contributed by atoms with Gasteiger partial charge in [0.2, 0.25) is 0 Å². The topological polar surface area (TPSA) is 507 Å². The minimum absolute atomic E-state index is 0.0144. The van der Waals surface area contributed by atoms with E-state index in [1.165, 1.54) is 78.4 Å². The summed E-state index contributed by atoms with van der Waals surface area (Å²) < 4.78 is 158. The van der Waals surface area contributed by atoms with Crippen molar-refractivity contribution in [1.82, 2.24) is 83.3 Å². The predicted molar refractivity (Wildman–Crippen MR) is 392 cm³/mol. The number of carbonyl (C=O) groups excluding carboxylic acids is 8. The summed E-state index contributed by atoms with van der Waals surface area (Å²) in [5, 5.41) is 27.3. The smallest absolute Gasteiger partial charge is 0.326 e. The third-order valence-corrected chi connectivity index (χ3v) is 28.0. The van der Waals surface area contributed by atoms with Gasteiger partial charge in [0.15, 0.2) is 47.3 Å². The SMILES string of the molecule is CC12N3Cc4c(OCCCS(=O)(=O)O)ccc5ccc(OCCCS(=O)(=O)O)c(c45)CN1C(=O)N1CN4C(=O)N5CN6C(=O)N7CN8C(=O)N9Cc%10c(OCCCS(=O)(=O)O)ccc%11ccc(OCCCS(=O)(=O)O)c(c%10%11)CN%10C(=O)N(CN%11C(=O)N(CN%12C(=O)N(CN(C3=O)C12C)C4C%125)C6C%117)C8(C)C%109C.OCCN(CO)CCO. The molecule has 0 bridgehead atoms. The van der Waals surface area contributed by atoms with Crippen molar-refractivity contribution in [3.05, 3.63) is 70.8 Å². The number of amides is 16. The lowest BCUT2D eigenvalue weighted by Crippen LogP contribution is -2.69. The van der Waals surface area contributed by atoms with Gasteiger partial charge in [0, 0.05) is 35.3 Å². The summed E-state index contributed by atoms with van der Waals surface area (Å²) in [6, 6.07) is 7.49. The van der Waals surface area contributed by atoms with E-state index in [0.29, 0.717) is 56.9 Å². The van der Waals surface area contributed by atoms with Crippen molar-refractivity contribution in [2.24, 2.45) is 0 Å². The maximum Gasteiger partial charge on any atom is 0.326 e. The first-order valence-corrected chi connectivity index (χ1v) is 43.4. The maximum atomic E-state index is 15.9. The number of aliphatic hydroxyl groups excluding tert-OH is 3. The standard InChI is InChI=1S/C62H72N16O24S4.C5H13NO3/c1-59-61(3)75-31-67-49-47-63(51(67)79)29-65-48-50-69(53(65)81)33-77-57(85)73-27-39-43(101-19-7-23-105(93,94)95)15-11-36-12-16-44(102-20-8-24-106(96,97)98)40(46(36)39)28-74-58(86)78(62(77,4)60(73,74)2)34-70(50)54(82)66(48)30-64(47)52(80)68(49)32-76(61)56(84)72(59)26-38-42(100-18-6-22-104(90,91)92)14-10-35-9-13-41(99-17-5-21-103(87,88)89)37(45(35)38)25-71(59)55(75)83;7-3-1-6(5-9)2-4-8/h9-16,47-50H,5-8,17-34H2,1-4H3,(H,87,88,89)(H,90,91,92)(H,93,94,95)(H,96,97,98);7-9H,1-5H2. The van der Waals surface area contributed by atoms with Crippen LogP contribution in [0.1, 0.15) is 75.6 Å². The van der Waals surface area contributed by atoms with Crippen LogP contribution in [0.2, 0.25) is 0 Å². The molecule has 44 nitrogen and oxygen atoms in total. The van der Waals surface area contributed by atoms with Gasteiger partial charge in [-0.05, 0) is 99.2 Å². The second-order valence-corrected chi connectivity index (χ2v) is 37.0. The molecule has 11 saturated heterocycles. The van der Waals surface area contributed by atoms with Crippen molar-refractivity contribution in [3.8, 4) is 23.0 Å². The lowest BCUT2D eigenvalue weighted by atomic mass is 9.90. The molecule has 17 rings (SSSR count). The Hall–Kier alpha value is -9.76. The summed E-state index contributed by atoms with van der Waals surface area (Å²) in [4.78, 5) is 150. The second-order valence-electron chi connectivity index (χ2n) is 30.7. The summed E-state index contributed by atoms with van der Waals surface area (Å²) >= 11 is 0. The molecule has 4 aromatic carbocycles. The van der Waals surface area contributed by atoms with Crippen LogP contribution in [0, 0.1) is 0 Å². The number of benzene rings is 4. The number of ether oxygens (including phenoxy) is 4. The van der Waals surface area contributed by atoms with Gasteiger partial charge in [-0.15, -0.1) is 0 Å². The Morgan fingerprint density at radius 1 is 0.339 bits per heavy atom. The lowest BCUT2D eigenvalue weighted by Gasteiger charge is -2.49. The third kappa shape index (κ3) is 12.1. The van der Waals surface area contributed by atoms with E-state index in [-0.39, 0.29) is 121 Å². The molecule has 4 aromatic rings. The van der Waals surface area contributed by atoms with Crippen LogP contribution < -0.4 is 18.9 Å². The van der Waals surface area contributed by atoms with E-state index in [4.69, 9.17) is 34.3 Å². The molecule has 13 aliphatic heterocycles. The van der Waals surface area contributed by atoms with E-state index >= 15 is 38.4 Å². The minimum Gasteiger partial charge on any atom is -0.493 e. The van der Waals surface area contributed by atoms with Gasteiger partial charge in [0.25, 0.3) is 40.5 Å². The highest BCUT2D eigenvalue weighted by atomic mass is 32.2. The Morgan fingerprint density at radius 3 is 0.765 bits per heavy atom. The first-order chi connectivity index (χ1) is 54.3. The first-order valence-electron chi connectivity index (χ1n) is 36.9. The van der Waals surface area contributed by atoms with Crippen molar-refractivity contribution in [1.29, 1.82) is 0 Å². The maximum absolute atomic E-state index is 15.9. The van der Waals surface area contributed by atoms with Crippen molar-refractivity contribution in [3.63, 3.8) is 0 Å². The Labute approximate surface area is 657 Å². The van der Waals surface area contributed by atoms with Crippen molar-refractivity contribution < 1.29 is 125 Å². The summed E-state index contributed by atoms with van der Waals surface area (Å²) in [5.41, 5.74) is -5.49. The number of nitrogens with zero attached hydrogens (tertiary/aromatic N) is 17. The molecule has 13 heterocycles. The molecule has 0 aliphatic carbocycles. The summed E-state index contributed by atoms with van der Waals surface area (Å²) in [5.74, 6) is -1.80. The molecule has 0 radical (unpaired) electrons. The van der Waals surface area contributed by atoms with Gasteiger partial charge in [-0.3, -0.25) is 102 Å². The number of hydrogen-bond acceptors (Lipinski definition) is 24. The van der Waals surface area contributed by atoms with E-state index in [2.05, 4.69) is 0 Å². The molecule has 0 unspecified atom stereocenters. The fourth-order valence-corrected chi connectivity index (χ4v) is 21.0. The van der Waals surface area contributed by atoms with Gasteiger partial charge in [0.1, 0.15) is 63.0 Å². The molecule has 0 atom stereocenters. The van der Waals surface area contributed by atoms with E-state index < -0.39 is 199 Å². The molecular formula is C67H85N17O27S4. The highest BCUT2D eigenvalue weighted by Crippen LogP contribution is 2.60. The van der Waals surface area contributed by atoms with E-state index in [1.54, 1.807) is 81.1 Å². The van der Waals surface area contributed by atoms with Crippen LogP contribution >= 0.6 is 0 Å². The Balaban J connectivity index is 0.00000104. The fraction of sp³-hybridized carbons (Fsp3) is 0.582.